The van der Waals surface area contributed by atoms with Crippen LogP contribution in [0.2, 0.25) is 0 Å². The summed E-state index contributed by atoms with van der Waals surface area (Å²) in [7, 11) is 0. The van der Waals surface area contributed by atoms with Gasteiger partial charge in [0.05, 0.1) is 12.0 Å². The normalized spacial score (nSPS) is 42.2. The molecule has 4 heteroatoms. The van der Waals surface area contributed by atoms with Crippen LogP contribution in [0.15, 0.2) is 0 Å². The Labute approximate surface area is 114 Å². The maximum Gasteiger partial charge on any atom is 0.309 e. The number of ether oxygens (including phenoxy) is 2. The van der Waals surface area contributed by atoms with E-state index in [0.717, 1.165) is 64.6 Å². The van der Waals surface area contributed by atoms with Gasteiger partial charge in [0.15, 0.2) is 6.29 Å². The van der Waals surface area contributed by atoms with Crippen LogP contribution in [0, 0.1) is 10.8 Å². The van der Waals surface area contributed by atoms with Gasteiger partial charge in [0.1, 0.15) is 0 Å². The Balaban J connectivity index is 1.54. The lowest BCUT2D eigenvalue weighted by Gasteiger charge is -2.51. The van der Waals surface area contributed by atoms with Gasteiger partial charge >= 0.3 is 5.97 Å². The van der Waals surface area contributed by atoms with Crippen molar-refractivity contribution in [1.29, 1.82) is 0 Å². The van der Waals surface area contributed by atoms with Crippen molar-refractivity contribution >= 4 is 5.97 Å². The average Bonchev–Trinajstić information content (AvgIpc) is 2.48. The molecule has 2 bridgehead atoms. The summed E-state index contributed by atoms with van der Waals surface area (Å²) in [5, 5.41) is 9.38. The Morgan fingerprint density at radius 2 is 1.84 bits per heavy atom. The standard InChI is InChI=1S/C15H24O4/c16-13(17)15-7-4-14(5-8-15,6-9-15)11-19-12-3-1-2-10-18-12/h12H,1-11H2,(H,16,17). The first-order valence-corrected chi connectivity index (χ1v) is 7.61. The first-order valence-electron chi connectivity index (χ1n) is 7.61. The number of hydrogen-bond acceptors (Lipinski definition) is 3. The highest BCUT2D eigenvalue weighted by Crippen LogP contribution is 2.57. The molecule has 1 saturated heterocycles. The molecular weight excluding hydrogens is 244 g/mol. The molecule has 0 aromatic carbocycles. The fraction of sp³-hybridized carbons (Fsp3) is 0.933. The van der Waals surface area contributed by atoms with Crippen molar-refractivity contribution in [3.8, 4) is 0 Å². The van der Waals surface area contributed by atoms with Gasteiger partial charge in [0, 0.05) is 6.61 Å². The van der Waals surface area contributed by atoms with Crippen molar-refractivity contribution in [1.82, 2.24) is 0 Å². The molecule has 4 rings (SSSR count). The smallest absolute Gasteiger partial charge is 0.309 e. The number of carboxylic acids is 1. The molecule has 19 heavy (non-hydrogen) atoms. The molecule has 0 amide bonds. The van der Waals surface area contributed by atoms with Crippen molar-refractivity contribution in [2.45, 2.75) is 64.1 Å². The van der Waals surface area contributed by atoms with Crippen molar-refractivity contribution in [2.24, 2.45) is 10.8 Å². The maximum atomic E-state index is 11.4. The molecule has 4 fully saturated rings. The average molecular weight is 268 g/mol. The largest absolute Gasteiger partial charge is 0.481 e. The Morgan fingerprint density at radius 1 is 1.16 bits per heavy atom. The quantitative estimate of drug-likeness (QED) is 0.851. The summed E-state index contributed by atoms with van der Waals surface area (Å²) < 4.78 is 11.6. The van der Waals surface area contributed by atoms with Gasteiger partial charge in [-0.25, -0.2) is 0 Å². The Kier molecular flexibility index (Phi) is 3.56. The number of fused-ring (bicyclic) bond motifs is 3. The van der Waals surface area contributed by atoms with Crippen molar-refractivity contribution in [3.05, 3.63) is 0 Å². The van der Waals surface area contributed by atoms with Crippen LogP contribution in [-0.2, 0) is 14.3 Å². The molecule has 4 aliphatic rings. The molecular formula is C15H24O4. The third kappa shape index (κ3) is 2.52. The van der Waals surface area contributed by atoms with Crippen molar-refractivity contribution < 1.29 is 19.4 Å². The minimum atomic E-state index is -0.586. The second kappa shape index (κ2) is 5.06. The minimum absolute atomic E-state index is 0.0174. The zero-order chi connectivity index (χ0) is 13.3. The van der Waals surface area contributed by atoms with Crippen LogP contribution in [0.5, 0.6) is 0 Å². The molecule has 1 atom stereocenters. The molecule has 1 heterocycles. The fourth-order valence-corrected chi connectivity index (χ4v) is 3.91. The van der Waals surface area contributed by atoms with E-state index in [9.17, 15) is 9.90 Å². The summed E-state index contributed by atoms with van der Waals surface area (Å²) in [5.41, 5.74) is -0.179. The zero-order valence-corrected chi connectivity index (χ0v) is 11.5. The van der Waals surface area contributed by atoms with Crippen LogP contribution in [0.4, 0.5) is 0 Å². The Bertz CT molecular complexity index is 322. The lowest BCUT2D eigenvalue weighted by molar-refractivity contribution is -0.195. The molecule has 3 aliphatic carbocycles. The highest BCUT2D eigenvalue weighted by molar-refractivity contribution is 5.75. The molecule has 3 saturated carbocycles. The number of aliphatic carboxylic acids is 1. The fourth-order valence-electron chi connectivity index (χ4n) is 3.91. The molecule has 0 radical (unpaired) electrons. The first-order chi connectivity index (χ1) is 9.14. The number of rotatable bonds is 4. The predicted molar refractivity (Wildman–Crippen MR) is 69.7 cm³/mol. The number of carboxylic acid groups (broad SMARTS) is 1. The van der Waals surface area contributed by atoms with Gasteiger partial charge in [-0.1, -0.05) is 0 Å². The van der Waals surface area contributed by atoms with Gasteiger partial charge in [0.2, 0.25) is 0 Å². The summed E-state index contributed by atoms with van der Waals surface area (Å²) in [4.78, 5) is 11.4. The van der Waals surface area contributed by atoms with E-state index in [1.165, 1.54) is 6.42 Å². The monoisotopic (exact) mass is 268 g/mol. The molecule has 4 nitrogen and oxygen atoms in total. The van der Waals surface area contributed by atoms with Gasteiger partial charge in [-0.2, -0.15) is 0 Å². The highest BCUT2D eigenvalue weighted by Gasteiger charge is 2.52. The highest BCUT2D eigenvalue weighted by atomic mass is 16.7. The third-order valence-electron chi connectivity index (χ3n) is 5.57. The Morgan fingerprint density at radius 3 is 2.37 bits per heavy atom. The molecule has 0 spiro atoms. The maximum absolute atomic E-state index is 11.4. The van der Waals surface area contributed by atoms with Crippen LogP contribution in [-0.4, -0.2) is 30.6 Å². The molecule has 108 valence electrons. The van der Waals surface area contributed by atoms with E-state index in [1.54, 1.807) is 0 Å². The lowest BCUT2D eigenvalue weighted by Crippen LogP contribution is -2.48. The first kappa shape index (κ1) is 13.4. The second-order valence-electron chi connectivity index (χ2n) is 6.69. The van der Waals surface area contributed by atoms with E-state index in [4.69, 9.17) is 9.47 Å². The van der Waals surface area contributed by atoms with Gasteiger partial charge in [-0.3, -0.25) is 4.79 Å². The summed E-state index contributed by atoms with van der Waals surface area (Å²) in [5.74, 6) is -0.586. The number of hydrogen-bond donors (Lipinski definition) is 1. The van der Waals surface area contributed by atoms with Crippen LogP contribution in [0.25, 0.3) is 0 Å². The van der Waals surface area contributed by atoms with Crippen molar-refractivity contribution in [2.75, 3.05) is 13.2 Å². The van der Waals surface area contributed by atoms with E-state index in [-0.39, 0.29) is 11.7 Å². The van der Waals surface area contributed by atoms with Gasteiger partial charge < -0.3 is 14.6 Å². The Hall–Kier alpha value is -0.610. The molecule has 0 aromatic heterocycles. The molecule has 1 N–H and O–H groups in total. The predicted octanol–water partition coefficient (Wildman–Crippen LogP) is 2.95. The second-order valence-corrected chi connectivity index (χ2v) is 6.69. The SMILES string of the molecule is O=C(O)C12CCC(COC3CCCCO3)(CC1)CC2. The lowest BCUT2D eigenvalue weighted by atomic mass is 9.54. The number of carbonyl (C=O) groups is 1. The van der Waals surface area contributed by atoms with Crippen LogP contribution in [0.3, 0.4) is 0 Å². The third-order valence-corrected chi connectivity index (χ3v) is 5.57. The van der Waals surface area contributed by atoms with Crippen LogP contribution >= 0.6 is 0 Å². The van der Waals surface area contributed by atoms with Gasteiger partial charge in [-0.05, 0) is 63.2 Å². The minimum Gasteiger partial charge on any atom is -0.481 e. The summed E-state index contributed by atoms with van der Waals surface area (Å²) in [6, 6.07) is 0. The van der Waals surface area contributed by atoms with E-state index < -0.39 is 11.4 Å². The summed E-state index contributed by atoms with van der Waals surface area (Å²) >= 11 is 0. The molecule has 1 aliphatic heterocycles. The summed E-state index contributed by atoms with van der Waals surface area (Å²) in [6.07, 6.45) is 8.84. The zero-order valence-electron chi connectivity index (χ0n) is 11.5. The topological polar surface area (TPSA) is 55.8 Å². The van der Waals surface area contributed by atoms with Crippen molar-refractivity contribution in [3.63, 3.8) is 0 Å². The van der Waals surface area contributed by atoms with E-state index in [1.807, 2.05) is 0 Å². The van der Waals surface area contributed by atoms with E-state index in [2.05, 4.69) is 0 Å². The van der Waals surface area contributed by atoms with Gasteiger partial charge in [0.25, 0.3) is 0 Å². The van der Waals surface area contributed by atoms with Crippen LogP contribution < -0.4 is 0 Å². The summed E-state index contributed by atoms with van der Waals surface area (Å²) in [6.45, 7) is 1.58. The van der Waals surface area contributed by atoms with E-state index in [0.29, 0.717) is 0 Å². The molecule has 0 aromatic rings. The van der Waals surface area contributed by atoms with Gasteiger partial charge in [-0.15, -0.1) is 0 Å². The van der Waals surface area contributed by atoms with E-state index >= 15 is 0 Å². The van der Waals surface area contributed by atoms with Crippen LogP contribution in [0.1, 0.15) is 57.8 Å². The molecule has 1 unspecified atom stereocenters.